The van der Waals surface area contributed by atoms with Crippen molar-refractivity contribution >= 4 is 27.5 Å². The van der Waals surface area contributed by atoms with Crippen LogP contribution in [-0.2, 0) is 14.8 Å². The first-order chi connectivity index (χ1) is 13.9. The number of amides is 1. The predicted molar refractivity (Wildman–Crippen MR) is 113 cm³/mol. The van der Waals surface area contributed by atoms with E-state index < -0.39 is 10.0 Å². The molecule has 0 unspecified atom stereocenters. The second-order valence-corrected chi connectivity index (χ2v) is 9.39. The molecule has 1 fully saturated rings. The van der Waals surface area contributed by atoms with Gasteiger partial charge < -0.3 is 9.64 Å². The molecule has 0 radical (unpaired) electrons. The molecule has 0 saturated carbocycles. The summed E-state index contributed by atoms with van der Waals surface area (Å²) in [7, 11) is -3.60. The smallest absolute Gasteiger partial charge is 0.243 e. The van der Waals surface area contributed by atoms with Crippen LogP contribution in [0.5, 0.6) is 5.75 Å². The maximum Gasteiger partial charge on any atom is 0.243 e. The number of benzene rings is 2. The zero-order valence-corrected chi connectivity index (χ0v) is 18.0. The molecule has 0 atom stereocenters. The fourth-order valence-corrected chi connectivity index (χ4v) is 4.95. The Balaban J connectivity index is 1.44. The number of piperazine rings is 1. The van der Waals surface area contributed by atoms with Gasteiger partial charge in [0.05, 0.1) is 11.5 Å². The van der Waals surface area contributed by atoms with Gasteiger partial charge in [-0.05, 0) is 49.2 Å². The minimum atomic E-state index is -3.60. The van der Waals surface area contributed by atoms with E-state index in [-0.39, 0.29) is 23.9 Å². The normalized spacial score (nSPS) is 15.3. The summed E-state index contributed by atoms with van der Waals surface area (Å²) >= 11 is 5.92. The molecule has 2 aromatic carbocycles. The van der Waals surface area contributed by atoms with Gasteiger partial charge in [0.2, 0.25) is 15.9 Å². The molecule has 156 valence electrons. The highest BCUT2D eigenvalue weighted by Gasteiger charge is 2.30. The van der Waals surface area contributed by atoms with E-state index in [0.717, 1.165) is 11.3 Å². The minimum Gasteiger partial charge on any atom is -0.494 e. The minimum absolute atomic E-state index is 0.0256. The predicted octanol–water partition coefficient (Wildman–Crippen LogP) is 3.34. The fourth-order valence-electron chi connectivity index (χ4n) is 3.23. The molecule has 29 heavy (non-hydrogen) atoms. The summed E-state index contributed by atoms with van der Waals surface area (Å²) in [5.41, 5.74) is 1.13. The molecule has 0 N–H and O–H groups in total. The van der Waals surface area contributed by atoms with Gasteiger partial charge >= 0.3 is 0 Å². The van der Waals surface area contributed by atoms with Crippen LogP contribution in [-0.4, -0.2) is 56.3 Å². The maximum atomic E-state index is 12.7. The number of aryl methyl sites for hydroxylation is 1. The highest BCUT2D eigenvalue weighted by molar-refractivity contribution is 7.89. The second-order valence-electron chi connectivity index (χ2n) is 7.01. The number of halogens is 1. The van der Waals surface area contributed by atoms with Crippen molar-refractivity contribution in [1.29, 1.82) is 0 Å². The van der Waals surface area contributed by atoms with E-state index in [1.54, 1.807) is 17.0 Å². The fraction of sp³-hybridized carbons (Fsp3) is 0.381. The van der Waals surface area contributed by atoms with E-state index in [2.05, 4.69) is 0 Å². The summed E-state index contributed by atoms with van der Waals surface area (Å²) in [5, 5.41) is 0.382. The number of sulfonamides is 1. The van der Waals surface area contributed by atoms with Gasteiger partial charge in [-0.15, -0.1) is 0 Å². The highest BCUT2D eigenvalue weighted by atomic mass is 35.5. The number of rotatable bonds is 7. The van der Waals surface area contributed by atoms with Crippen molar-refractivity contribution in [1.82, 2.24) is 9.21 Å². The lowest BCUT2D eigenvalue weighted by Gasteiger charge is -2.34. The van der Waals surface area contributed by atoms with Crippen molar-refractivity contribution < 1.29 is 17.9 Å². The SMILES string of the molecule is Cc1cccc(OCCCC(=O)N2CCN(S(=O)(=O)c3cccc(Cl)c3)CC2)c1. The van der Waals surface area contributed by atoms with Gasteiger partial charge in [0.15, 0.2) is 0 Å². The van der Waals surface area contributed by atoms with E-state index in [1.807, 2.05) is 31.2 Å². The van der Waals surface area contributed by atoms with Crippen molar-refractivity contribution in [3.05, 3.63) is 59.1 Å². The van der Waals surface area contributed by atoms with E-state index in [0.29, 0.717) is 37.6 Å². The van der Waals surface area contributed by atoms with E-state index >= 15 is 0 Å². The van der Waals surface area contributed by atoms with E-state index in [1.165, 1.54) is 16.4 Å². The average molecular weight is 437 g/mol. The largest absolute Gasteiger partial charge is 0.494 e. The van der Waals surface area contributed by atoms with Gasteiger partial charge in [-0.1, -0.05) is 29.8 Å². The van der Waals surface area contributed by atoms with Gasteiger partial charge in [-0.25, -0.2) is 8.42 Å². The topological polar surface area (TPSA) is 66.9 Å². The zero-order chi connectivity index (χ0) is 20.9. The Bertz CT molecular complexity index is 957. The molecule has 6 nitrogen and oxygen atoms in total. The molecular formula is C21H25ClN2O4S. The zero-order valence-electron chi connectivity index (χ0n) is 16.4. The van der Waals surface area contributed by atoms with Gasteiger partial charge in [-0.2, -0.15) is 4.31 Å². The first-order valence-corrected chi connectivity index (χ1v) is 11.4. The Morgan fingerprint density at radius 2 is 1.79 bits per heavy atom. The van der Waals surface area contributed by atoms with Crippen LogP contribution >= 0.6 is 11.6 Å². The molecule has 0 aromatic heterocycles. The lowest BCUT2D eigenvalue weighted by atomic mass is 10.2. The monoisotopic (exact) mass is 436 g/mol. The summed E-state index contributed by atoms with van der Waals surface area (Å²) in [5.74, 6) is 0.829. The molecule has 0 spiro atoms. The Morgan fingerprint density at radius 3 is 2.48 bits per heavy atom. The summed E-state index contributed by atoms with van der Waals surface area (Å²) in [6.45, 7) is 3.80. The van der Waals surface area contributed by atoms with Gasteiger partial charge in [-0.3, -0.25) is 4.79 Å². The molecule has 2 aromatic rings. The first-order valence-electron chi connectivity index (χ1n) is 9.59. The van der Waals surface area contributed by atoms with Crippen molar-refractivity contribution in [2.75, 3.05) is 32.8 Å². The molecule has 0 aliphatic carbocycles. The number of hydrogen-bond acceptors (Lipinski definition) is 4. The van der Waals surface area contributed by atoms with Crippen LogP contribution in [0, 0.1) is 6.92 Å². The molecule has 0 bridgehead atoms. The highest BCUT2D eigenvalue weighted by Crippen LogP contribution is 2.21. The summed E-state index contributed by atoms with van der Waals surface area (Å²) in [6, 6.07) is 14.0. The van der Waals surface area contributed by atoms with Crippen molar-refractivity contribution in [2.45, 2.75) is 24.7 Å². The third-order valence-electron chi connectivity index (χ3n) is 4.82. The number of nitrogens with zero attached hydrogens (tertiary/aromatic N) is 2. The number of carbonyl (C=O) groups is 1. The van der Waals surface area contributed by atoms with Crippen molar-refractivity contribution in [3.63, 3.8) is 0 Å². The Morgan fingerprint density at radius 1 is 1.07 bits per heavy atom. The first kappa shape index (κ1) is 21.6. The van der Waals surface area contributed by atoms with Gasteiger partial charge in [0.25, 0.3) is 0 Å². The van der Waals surface area contributed by atoms with E-state index in [9.17, 15) is 13.2 Å². The second kappa shape index (κ2) is 9.61. The molecule has 1 aliphatic rings. The van der Waals surface area contributed by atoms with Crippen LogP contribution in [0.25, 0.3) is 0 Å². The van der Waals surface area contributed by atoms with Crippen LogP contribution in [0.15, 0.2) is 53.4 Å². The summed E-state index contributed by atoms with van der Waals surface area (Å²) < 4.78 is 32.5. The van der Waals surface area contributed by atoms with Crippen LogP contribution in [0.1, 0.15) is 18.4 Å². The van der Waals surface area contributed by atoms with Crippen LogP contribution in [0.3, 0.4) is 0 Å². The quantitative estimate of drug-likeness (QED) is 0.624. The van der Waals surface area contributed by atoms with Crippen molar-refractivity contribution in [3.8, 4) is 5.75 Å². The van der Waals surface area contributed by atoms with Crippen LogP contribution < -0.4 is 4.74 Å². The number of carbonyl (C=O) groups excluding carboxylic acids is 1. The van der Waals surface area contributed by atoms with Gasteiger partial charge in [0, 0.05) is 37.6 Å². The van der Waals surface area contributed by atoms with Crippen LogP contribution in [0.2, 0.25) is 5.02 Å². The van der Waals surface area contributed by atoms with Crippen molar-refractivity contribution in [2.24, 2.45) is 0 Å². The Labute approximate surface area is 177 Å². The number of hydrogen-bond donors (Lipinski definition) is 0. The molecule has 1 saturated heterocycles. The summed E-state index contributed by atoms with van der Waals surface area (Å²) in [6.07, 6.45) is 1.00. The number of ether oxygens (including phenoxy) is 1. The lowest BCUT2D eigenvalue weighted by molar-refractivity contribution is -0.132. The molecule has 1 amide bonds. The third-order valence-corrected chi connectivity index (χ3v) is 6.95. The van der Waals surface area contributed by atoms with Gasteiger partial charge in [0.1, 0.15) is 5.75 Å². The molecule has 1 heterocycles. The Hall–Kier alpha value is -2.09. The average Bonchev–Trinajstić information content (AvgIpc) is 2.71. The Kier molecular flexibility index (Phi) is 7.16. The standard InChI is InChI=1S/C21H25ClN2O4S/c1-17-5-2-7-19(15-17)28-14-4-9-21(25)23-10-12-24(13-11-23)29(26,27)20-8-3-6-18(22)16-20/h2-3,5-8,15-16H,4,9-14H2,1H3. The van der Waals surface area contributed by atoms with E-state index in [4.69, 9.17) is 16.3 Å². The summed E-state index contributed by atoms with van der Waals surface area (Å²) in [4.78, 5) is 14.3. The lowest BCUT2D eigenvalue weighted by Crippen LogP contribution is -2.50. The maximum absolute atomic E-state index is 12.7. The molecular weight excluding hydrogens is 412 g/mol. The third kappa shape index (κ3) is 5.72. The molecule has 3 rings (SSSR count). The van der Waals surface area contributed by atoms with Crippen LogP contribution in [0.4, 0.5) is 0 Å². The molecule has 1 aliphatic heterocycles. The molecule has 8 heteroatoms.